The number of thioether (sulfide) groups is 1. The van der Waals surface area contributed by atoms with E-state index in [0.717, 1.165) is 31.0 Å². The second-order valence-electron chi connectivity index (χ2n) is 9.18. The lowest BCUT2D eigenvalue weighted by atomic mass is 9.87. The first-order chi connectivity index (χ1) is 16.3. The lowest BCUT2D eigenvalue weighted by molar-refractivity contribution is -0.137. The first-order valence-corrected chi connectivity index (χ1v) is 14.6. The molecule has 13 heteroatoms. The van der Waals surface area contributed by atoms with Gasteiger partial charge in [-0.15, -0.1) is 0 Å². The maximum atomic E-state index is 12.0. The average molecular weight is 543 g/mol. The number of carbonyl (C=O) groups is 3. The zero-order chi connectivity index (χ0) is 26.9. The van der Waals surface area contributed by atoms with E-state index in [1.54, 1.807) is 0 Å². The molecule has 11 nitrogen and oxygen atoms in total. The molecule has 0 aliphatic heterocycles. The van der Waals surface area contributed by atoms with Gasteiger partial charge in [-0.3, -0.25) is 18.9 Å². The fraction of sp³-hybridized carbons (Fsp3) is 0.864. The van der Waals surface area contributed by atoms with Crippen LogP contribution in [0.5, 0.6) is 0 Å². The van der Waals surface area contributed by atoms with Gasteiger partial charge in [0.15, 0.2) is 5.12 Å². The van der Waals surface area contributed by atoms with Crippen molar-refractivity contribution in [3.63, 3.8) is 0 Å². The van der Waals surface area contributed by atoms with Crippen LogP contribution in [0.25, 0.3) is 0 Å². The van der Waals surface area contributed by atoms with E-state index in [9.17, 15) is 29.2 Å². The largest absolute Gasteiger partial charge is 0.469 e. The van der Waals surface area contributed by atoms with Crippen LogP contribution >= 0.6 is 19.6 Å². The van der Waals surface area contributed by atoms with E-state index in [-0.39, 0.29) is 37.0 Å². The zero-order valence-electron chi connectivity index (χ0n) is 21.0. The van der Waals surface area contributed by atoms with Gasteiger partial charge < -0.3 is 30.6 Å². The summed E-state index contributed by atoms with van der Waals surface area (Å²) in [6.07, 6.45) is 5.17. The molecule has 0 aliphatic carbocycles. The number of rotatable bonds is 20. The van der Waals surface area contributed by atoms with E-state index in [4.69, 9.17) is 9.79 Å². The smallest absolute Gasteiger partial charge is 0.393 e. The van der Waals surface area contributed by atoms with Crippen LogP contribution in [-0.4, -0.2) is 74.6 Å². The van der Waals surface area contributed by atoms with Crippen LogP contribution in [0.15, 0.2) is 0 Å². The summed E-state index contributed by atoms with van der Waals surface area (Å²) in [6, 6.07) is 0. The predicted octanol–water partition coefficient (Wildman–Crippen LogP) is 1.87. The summed E-state index contributed by atoms with van der Waals surface area (Å²) in [4.78, 5) is 53.4. The van der Waals surface area contributed by atoms with Crippen molar-refractivity contribution in [2.45, 2.75) is 90.8 Å². The standard InChI is InChI=1S/C22H43N2O9PS/c1-4-5-6-7-8-9-10-17(25)15-19(27)35-14-13-23-18(26)11-12-24-21(29)20(28)22(2,3)16-33-34(30,31)32/h17,20,25,28H,4-16H2,1-3H3,(H,23,26)(H,24,29)(H2,30,31,32)/t17-,20+/m0/s1. The van der Waals surface area contributed by atoms with Crippen molar-refractivity contribution < 1.29 is 43.5 Å². The Labute approximate surface area is 212 Å². The third kappa shape index (κ3) is 18.9. The Hall–Kier alpha value is -1.01. The first-order valence-electron chi connectivity index (χ1n) is 12.0. The van der Waals surface area contributed by atoms with Gasteiger partial charge in [0.25, 0.3) is 0 Å². The normalized spacial score (nSPS) is 13.8. The molecule has 0 aromatic carbocycles. The number of unbranched alkanes of at least 4 members (excludes halogenated alkanes) is 5. The van der Waals surface area contributed by atoms with Gasteiger partial charge in [-0.1, -0.05) is 71.1 Å². The molecule has 0 saturated carbocycles. The number of amides is 2. The molecule has 0 aliphatic rings. The third-order valence-electron chi connectivity index (χ3n) is 5.23. The SMILES string of the molecule is CCCCCCCC[C@H](O)CC(=O)SCCNC(=O)CCNC(=O)[C@@H](O)C(C)(C)COP(=O)(O)O. The van der Waals surface area contributed by atoms with Crippen molar-refractivity contribution in [3.8, 4) is 0 Å². The van der Waals surface area contributed by atoms with E-state index in [0.29, 0.717) is 12.2 Å². The van der Waals surface area contributed by atoms with Crippen LogP contribution in [0.1, 0.15) is 78.6 Å². The minimum absolute atomic E-state index is 0.0478. The number of carbonyl (C=O) groups excluding carboxylic acids is 3. The molecule has 0 aromatic heterocycles. The zero-order valence-corrected chi connectivity index (χ0v) is 22.7. The van der Waals surface area contributed by atoms with Crippen molar-refractivity contribution in [3.05, 3.63) is 0 Å². The highest BCUT2D eigenvalue weighted by atomic mass is 32.2. The Morgan fingerprint density at radius 3 is 2.26 bits per heavy atom. The molecule has 35 heavy (non-hydrogen) atoms. The number of phosphoric ester groups is 1. The summed E-state index contributed by atoms with van der Waals surface area (Å²) >= 11 is 1.05. The molecule has 0 fully saturated rings. The molecule has 0 heterocycles. The molecule has 0 aromatic rings. The van der Waals surface area contributed by atoms with Crippen molar-refractivity contribution in [1.82, 2.24) is 10.6 Å². The Balaban J connectivity index is 3.94. The van der Waals surface area contributed by atoms with Crippen molar-refractivity contribution >= 4 is 36.5 Å². The number of aliphatic hydroxyl groups excluding tert-OH is 2. The quantitative estimate of drug-likeness (QED) is 0.0981. The van der Waals surface area contributed by atoms with Gasteiger partial charge in [0.1, 0.15) is 6.10 Å². The van der Waals surface area contributed by atoms with Gasteiger partial charge in [-0.25, -0.2) is 4.57 Å². The molecule has 0 saturated heterocycles. The Kier molecular flexibility index (Phi) is 17.7. The Morgan fingerprint density at radius 1 is 1.00 bits per heavy atom. The number of hydrogen-bond donors (Lipinski definition) is 6. The second-order valence-corrected chi connectivity index (χ2v) is 11.6. The molecule has 206 valence electrons. The lowest BCUT2D eigenvalue weighted by Gasteiger charge is -2.29. The minimum Gasteiger partial charge on any atom is -0.393 e. The van der Waals surface area contributed by atoms with Crippen LogP contribution < -0.4 is 10.6 Å². The third-order valence-corrected chi connectivity index (χ3v) is 6.59. The lowest BCUT2D eigenvalue weighted by Crippen LogP contribution is -2.46. The van der Waals surface area contributed by atoms with Gasteiger partial charge in [-0.05, 0) is 6.42 Å². The topological polar surface area (TPSA) is 182 Å². The van der Waals surface area contributed by atoms with Crippen molar-refractivity contribution in [2.24, 2.45) is 5.41 Å². The number of hydrogen-bond acceptors (Lipinski definition) is 8. The van der Waals surface area contributed by atoms with E-state index < -0.39 is 38.0 Å². The van der Waals surface area contributed by atoms with E-state index in [1.165, 1.54) is 33.1 Å². The Bertz CT molecular complexity index is 688. The Morgan fingerprint density at radius 2 is 1.63 bits per heavy atom. The molecule has 2 amide bonds. The number of nitrogens with one attached hydrogen (secondary N) is 2. The first kappa shape index (κ1) is 34.0. The van der Waals surface area contributed by atoms with Crippen LogP contribution in [0, 0.1) is 5.41 Å². The van der Waals surface area contributed by atoms with Gasteiger partial charge in [0.2, 0.25) is 11.8 Å². The van der Waals surface area contributed by atoms with Crippen LogP contribution in [0.3, 0.4) is 0 Å². The molecule has 0 radical (unpaired) electrons. The summed E-state index contributed by atoms with van der Waals surface area (Å²) in [6.45, 7) is 4.64. The molecule has 0 unspecified atom stereocenters. The summed E-state index contributed by atoms with van der Waals surface area (Å²) in [5.74, 6) is -0.773. The summed E-state index contributed by atoms with van der Waals surface area (Å²) in [7, 11) is -4.73. The van der Waals surface area contributed by atoms with E-state index in [2.05, 4.69) is 22.1 Å². The fourth-order valence-corrected chi connectivity index (χ4v) is 4.28. The maximum Gasteiger partial charge on any atom is 0.469 e. The van der Waals surface area contributed by atoms with Crippen LogP contribution in [-0.2, 0) is 23.5 Å². The summed E-state index contributed by atoms with van der Waals surface area (Å²) < 4.78 is 15.2. The highest BCUT2D eigenvalue weighted by molar-refractivity contribution is 8.13. The summed E-state index contributed by atoms with van der Waals surface area (Å²) in [5, 5.41) is 24.9. The van der Waals surface area contributed by atoms with Gasteiger partial charge >= 0.3 is 7.82 Å². The molecule has 0 spiro atoms. The van der Waals surface area contributed by atoms with E-state index in [1.807, 2.05) is 0 Å². The highest BCUT2D eigenvalue weighted by Gasteiger charge is 2.35. The fourth-order valence-electron chi connectivity index (χ4n) is 3.04. The van der Waals surface area contributed by atoms with Crippen molar-refractivity contribution in [2.75, 3.05) is 25.4 Å². The second kappa shape index (κ2) is 18.3. The molecule has 2 atom stereocenters. The molecule has 6 N–H and O–H groups in total. The predicted molar refractivity (Wildman–Crippen MR) is 135 cm³/mol. The van der Waals surface area contributed by atoms with Gasteiger partial charge in [-0.2, -0.15) is 0 Å². The monoisotopic (exact) mass is 542 g/mol. The maximum absolute atomic E-state index is 12.0. The van der Waals surface area contributed by atoms with Gasteiger partial charge in [0, 0.05) is 37.1 Å². The number of aliphatic hydroxyl groups is 2. The molecule has 0 bridgehead atoms. The van der Waals surface area contributed by atoms with Crippen molar-refractivity contribution in [1.29, 1.82) is 0 Å². The van der Waals surface area contributed by atoms with Crippen LogP contribution in [0.2, 0.25) is 0 Å². The molecular weight excluding hydrogens is 499 g/mol. The highest BCUT2D eigenvalue weighted by Crippen LogP contribution is 2.38. The molecular formula is C22H43N2O9PS. The molecule has 0 rings (SSSR count). The summed E-state index contributed by atoms with van der Waals surface area (Å²) in [5.41, 5.74) is -1.26. The average Bonchev–Trinajstić information content (AvgIpc) is 2.76. The van der Waals surface area contributed by atoms with E-state index >= 15 is 0 Å². The van der Waals surface area contributed by atoms with Gasteiger partial charge in [0.05, 0.1) is 12.7 Å². The minimum atomic E-state index is -4.73. The van der Waals surface area contributed by atoms with Crippen LogP contribution in [0.4, 0.5) is 0 Å². The number of phosphoric acid groups is 1.